The van der Waals surface area contributed by atoms with Gasteiger partial charge in [-0.25, -0.2) is 0 Å². The van der Waals surface area contributed by atoms with Crippen molar-refractivity contribution in [2.75, 3.05) is 45.2 Å². The zero-order valence-electron chi connectivity index (χ0n) is 14.2. The first kappa shape index (κ1) is 19.0. The summed E-state index contributed by atoms with van der Waals surface area (Å²) in [6.45, 7) is 6.81. The summed E-state index contributed by atoms with van der Waals surface area (Å²) in [5.74, 6) is -0.0400. The van der Waals surface area contributed by atoms with Crippen molar-refractivity contribution >= 4 is 17.5 Å². The fourth-order valence-corrected chi connectivity index (χ4v) is 2.13. The van der Waals surface area contributed by atoms with Crippen molar-refractivity contribution in [2.24, 2.45) is 0 Å². The largest absolute Gasteiger partial charge is 0.385 e. The lowest BCUT2D eigenvalue weighted by Crippen LogP contribution is -2.35. The fourth-order valence-electron chi connectivity index (χ4n) is 2.13. The van der Waals surface area contributed by atoms with Crippen LogP contribution in [-0.2, 0) is 9.53 Å². The van der Waals surface area contributed by atoms with Crippen LogP contribution in [0.2, 0.25) is 0 Å². The molecule has 0 aliphatic rings. The van der Waals surface area contributed by atoms with E-state index in [1.54, 1.807) is 36.3 Å². The van der Waals surface area contributed by atoms with Crippen molar-refractivity contribution < 1.29 is 14.3 Å². The van der Waals surface area contributed by atoms with E-state index in [0.29, 0.717) is 31.8 Å². The van der Waals surface area contributed by atoms with Crippen molar-refractivity contribution in [1.82, 2.24) is 10.2 Å². The number of anilines is 1. The lowest BCUT2D eigenvalue weighted by Gasteiger charge is -2.19. The molecule has 0 saturated carbocycles. The van der Waals surface area contributed by atoms with Crippen LogP contribution in [0.25, 0.3) is 0 Å². The number of hydrogen-bond acceptors (Lipinski definition) is 4. The van der Waals surface area contributed by atoms with E-state index < -0.39 is 0 Å². The summed E-state index contributed by atoms with van der Waals surface area (Å²) in [6, 6.07) is 7.10. The standard InChI is InChI=1S/C17H27N3O3/c1-4-20(5-2)16(21)13-19-15-9-7-14(8-10-15)17(22)18-11-6-12-23-3/h7-10,19H,4-6,11-13H2,1-3H3,(H,18,22). The van der Waals surface area contributed by atoms with Gasteiger partial charge in [-0.1, -0.05) is 0 Å². The smallest absolute Gasteiger partial charge is 0.251 e. The summed E-state index contributed by atoms with van der Waals surface area (Å²) < 4.78 is 4.93. The number of benzene rings is 1. The highest BCUT2D eigenvalue weighted by molar-refractivity contribution is 5.94. The second-order valence-corrected chi connectivity index (χ2v) is 5.10. The minimum Gasteiger partial charge on any atom is -0.385 e. The number of likely N-dealkylation sites (N-methyl/N-ethyl adjacent to an activating group) is 1. The van der Waals surface area contributed by atoms with E-state index in [4.69, 9.17) is 4.74 Å². The van der Waals surface area contributed by atoms with Gasteiger partial charge in [0, 0.05) is 44.6 Å². The molecule has 1 aromatic rings. The molecule has 0 aliphatic heterocycles. The Bertz CT molecular complexity index is 484. The lowest BCUT2D eigenvalue weighted by molar-refractivity contribution is -0.128. The molecule has 0 spiro atoms. The quantitative estimate of drug-likeness (QED) is 0.644. The average molecular weight is 321 g/mol. The maximum Gasteiger partial charge on any atom is 0.251 e. The van der Waals surface area contributed by atoms with Crippen molar-refractivity contribution in [3.05, 3.63) is 29.8 Å². The van der Waals surface area contributed by atoms with Crippen LogP contribution in [0.5, 0.6) is 0 Å². The fraction of sp³-hybridized carbons (Fsp3) is 0.529. The van der Waals surface area contributed by atoms with Gasteiger partial charge in [-0.05, 0) is 44.5 Å². The van der Waals surface area contributed by atoms with Gasteiger partial charge in [-0.15, -0.1) is 0 Å². The third-order valence-corrected chi connectivity index (χ3v) is 3.52. The van der Waals surface area contributed by atoms with Crippen LogP contribution in [0, 0.1) is 0 Å². The summed E-state index contributed by atoms with van der Waals surface area (Å²) in [4.78, 5) is 25.6. The Balaban J connectivity index is 2.44. The molecule has 6 nitrogen and oxygen atoms in total. The Kier molecular flexibility index (Phi) is 8.75. The zero-order chi connectivity index (χ0) is 17.1. The Hall–Kier alpha value is -2.08. The lowest BCUT2D eigenvalue weighted by atomic mass is 10.2. The van der Waals surface area contributed by atoms with Crippen LogP contribution < -0.4 is 10.6 Å². The molecule has 1 rings (SSSR count). The van der Waals surface area contributed by atoms with Crippen molar-refractivity contribution in [1.29, 1.82) is 0 Å². The Labute approximate surface area is 138 Å². The molecule has 128 valence electrons. The normalized spacial score (nSPS) is 10.2. The molecular formula is C17H27N3O3. The van der Waals surface area contributed by atoms with Crippen molar-refractivity contribution in [3.63, 3.8) is 0 Å². The number of rotatable bonds is 10. The number of nitrogens with one attached hydrogen (secondary N) is 2. The molecule has 6 heteroatoms. The maximum atomic E-state index is 11.9. The molecule has 0 fully saturated rings. The zero-order valence-corrected chi connectivity index (χ0v) is 14.2. The van der Waals surface area contributed by atoms with E-state index in [0.717, 1.165) is 12.1 Å². The van der Waals surface area contributed by atoms with E-state index in [-0.39, 0.29) is 18.4 Å². The predicted octanol–water partition coefficient (Wildman–Crippen LogP) is 1.73. The monoisotopic (exact) mass is 321 g/mol. The van der Waals surface area contributed by atoms with E-state index in [9.17, 15) is 9.59 Å². The third-order valence-electron chi connectivity index (χ3n) is 3.52. The summed E-state index contributed by atoms with van der Waals surface area (Å²) in [5.41, 5.74) is 1.42. The molecule has 2 amide bonds. The highest BCUT2D eigenvalue weighted by Gasteiger charge is 2.09. The first-order chi connectivity index (χ1) is 11.1. The first-order valence-electron chi connectivity index (χ1n) is 8.01. The molecular weight excluding hydrogens is 294 g/mol. The second kappa shape index (κ2) is 10.6. The molecule has 0 atom stereocenters. The van der Waals surface area contributed by atoms with Crippen LogP contribution in [0.4, 0.5) is 5.69 Å². The molecule has 0 heterocycles. The van der Waals surface area contributed by atoms with Crippen LogP contribution in [-0.4, -0.2) is 56.6 Å². The maximum absolute atomic E-state index is 11.9. The number of amides is 2. The van der Waals surface area contributed by atoms with Gasteiger partial charge in [0.1, 0.15) is 0 Å². The molecule has 23 heavy (non-hydrogen) atoms. The van der Waals surface area contributed by atoms with E-state index in [2.05, 4.69) is 10.6 Å². The summed E-state index contributed by atoms with van der Waals surface area (Å²) in [6.07, 6.45) is 0.787. The summed E-state index contributed by atoms with van der Waals surface area (Å²) in [7, 11) is 1.64. The number of carbonyl (C=O) groups is 2. The average Bonchev–Trinajstić information content (AvgIpc) is 2.58. The van der Waals surface area contributed by atoms with E-state index in [1.807, 2.05) is 13.8 Å². The Morgan fingerprint density at radius 1 is 1.13 bits per heavy atom. The molecule has 0 radical (unpaired) electrons. The molecule has 0 unspecified atom stereocenters. The summed E-state index contributed by atoms with van der Waals surface area (Å²) >= 11 is 0. The van der Waals surface area contributed by atoms with Gasteiger partial charge in [0.25, 0.3) is 5.91 Å². The van der Waals surface area contributed by atoms with Crippen molar-refractivity contribution in [2.45, 2.75) is 20.3 Å². The molecule has 1 aromatic carbocycles. The van der Waals surface area contributed by atoms with Gasteiger partial charge in [-0.3, -0.25) is 9.59 Å². The van der Waals surface area contributed by atoms with E-state index >= 15 is 0 Å². The van der Waals surface area contributed by atoms with Crippen LogP contribution in [0.1, 0.15) is 30.6 Å². The molecule has 0 aromatic heterocycles. The Morgan fingerprint density at radius 3 is 2.35 bits per heavy atom. The van der Waals surface area contributed by atoms with Crippen LogP contribution >= 0.6 is 0 Å². The topological polar surface area (TPSA) is 70.7 Å². The van der Waals surface area contributed by atoms with Gasteiger partial charge in [0.2, 0.25) is 5.91 Å². The molecule has 0 saturated heterocycles. The van der Waals surface area contributed by atoms with Gasteiger partial charge in [0.15, 0.2) is 0 Å². The minimum atomic E-state index is -0.105. The van der Waals surface area contributed by atoms with E-state index in [1.165, 1.54) is 0 Å². The SMILES string of the molecule is CCN(CC)C(=O)CNc1ccc(C(=O)NCCCOC)cc1. The second-order valence-electron chi connectivity index (χ2n) is 5.10. The first-order valence-corrected chi connectivity index (χ1v) is 8.01. The predicted molar refractivity (Wildman–Crippen MR) is 91.7 cm³/mol. The van der Waals surface area contributed by atoms with Gasteiger partial charge in [0.05, 0.1) is 6.54 Å². The minimum absolute atomic E-state index is 0.0648. The number of ether oxygens (including phenoxy) is 1. The summed E-state index contributed by atoms with van der Waals surface area (Å²) in [5, 5.41) is 5.91. The van der Waals surface area contributed by atoms with Crippen LogP contribution in [0.3, 0.4) is 0 Å². The number of nitrogens with zero attached hydrogens (tertiary/aromatic N) is 1. The molecule has 0 aliphatic carbocycles. The highest BCUT2D eigenvalue weighted by Crippen LogP contribution is 2.09. The highest BCUT2D eigenvalue weighted by atomic mass is 16.5. The molecule has 2 N–H and O–H groups in total. The number of methoxy groups -OCH3 is 1. The van der Waals surface area contributed by atoms with Crippen LogP contribution in [0.15, 0.2) is 24.3 Å². The molecule has 0 bridgehead atoms. The van der Waals surface area contributed by atoms with Crippen molar-refractivity contribution in [3.8, 4) is 0 Å². The Morgan fingerprint density at radius 2 is 1.78 bits per heavy atom. The van der Waals surface area contributed by atoms with Gasteiger partial charge in [-0.2, -0.15) is 0 Å². The van der Waals surface area contributed by atoms with Gasteiger partial charge >= 0.3 is 0 Å². The number of hydrogen-bond donors (Lipinski definition) is 2. The number of carbonyl (C=O) groups excluding carboxylic acids is 2. The third kappa shape index (κ3) is 6.69. The van der Waals surface area contributed by atoms with Gasteiger partial charge < -0.3 is 20.3 Å².